The summed E-state index contributed by atoms with van der Waals surface area (Å²) < 4.78 is 0. The second-order valence-corrected chi connectivity index (χ2v) is 4.90. The maximum Gasteiger partial charge on any atom is 0.271 e. The molecule has 116 valence electrons. The molecule has 2 aromatic carbocycles. The van der Waals surface area contributed by atoms with Gasteiger partial charge in [0.1, 0.15) is 5.75 Å². The number of rotatable bonds is 8. The maximum atomic E-state index is 10.7. The fourth-order valence-electron chi connectivity index (χ4n) is 2.05. The van der Waals surface area contributed by atoms with Crippen LogP contribution in [-0.4, -0.2) is 29.7 Å². The van der Waals surface area contributed by atoms with Crippen molar-refractivity contribution in [3.63, 3.8) is 0 Å². The third kappa shape index (κ3) is 5.06. The number of benzene rings is 2. The van der Waals surface area contributed by atoms with Gasteiger partial charge >= 0.3 is 0 Å². The average Bonchev–Trinajstić information content (AvgIpc) is 2.52. The number of anilines is 1. The van der Waals surface area contributed by atoms with E-state index in [2.05, 4.69) is 10.6 Å². The Kier molecular flexibility index (Phi) is 5.73. The first-order chi connectivity index (χ1) is 10.6. The summed E-state index contributed by atoms with van der Waals surface area (Å²) in [6.45, 7) is 2.29. The molecule has 0 saturated carbocycles. The maximum absolute atomic E-state index is 10.7. The summed E-state index contributed by atoms with van der Waals surface area (Å²) in [7, 11) is 0. The lowest BCUT2D eigenvalue weighted by molar-refractivity contribution is -0.384. The minimum atomic E-state index is -0.402. The minimum Gasteiger partial charge on any atom is -0.508 e. The molecule has 2 rings (SSSR count). The molecular weight excluding hydrogens is 282 g/mol. The number of nitrogens with zero attached hydrogens (tertiary/aromatic N) is 1. The van der Waals surface area contributed by atoms with Crippen molar-refractivity contribution < 1.29 is 10.0 Å². The summed E-state index contributed by atoms with van der Waals surface area (Å²) in [4.78, 5) is 10.3. The van der Waals surface area contributed by atoms with Crippen LogP contribution in [0.5, 0.6) is 5.75 Å². The fourth-order valence-corrected chi connectivity index (χ4v) is 2.05. The van der Waals surface area contributed by atoms with Crippen LogP contribution >= 0.6 is 0 Å². The van der Waals surface area contributed by atoms with Gasteiger partial charge in [-0.25, -0.2) is 0 Å². The summed E-state index contributed by atoms with van der Waals surface area (Å²) >= 11 is 0. The summed E-state index contributed by atoms with van der Waals surface area (Å²) in [5, 5.41) is 26.3. The summed E-state index contributed by atoms with van der Waals surface area (Å²) in [6, 6.07) is 13.6. The molecule has 0 amide bonds. The molecule has 0 aliphatic rings. The molecule has 0 radical (unpaired) electrons. The summed E-state index contributed by atoms with van der Waals surface area (Å²) in [6.07, 6.45) is 0.886. The average molecular weight is 301 g/mol. The van der Waals surface area contributed by atoms with Crippen molar-refractivity contribution >= 4 is 11.4 Å². The summed E-state index contributed by atoms with van der Waals surface area (Å²) in [5.74, 6) is 0.276. The van der Waals surface area contributed by atoms with Crippen molar-refractivity contribution in [2.75, 3.05) is 25.0 Å². The zero-order valence-corrected chi connectivity index (χ0v) is 12.2. The number of nitro groups is 1. The number of nitro benzene ring substituents is 1. The zero-order chi connectivity index (χ0) is 15.8. The number of hydrogen-bond donors (Lipinski definition) is 3. The number of hydrogen-bond acceptors (Lipinski definition) is 5. The molecule has 0 aliphatic heterocycles. The lowest BCUT2D eigenvalue weighted by Crippen LogP contribution is -2.24. The van der Waals surface area contributed by atoms with Gasteiger partial charge in [0.25, 0.3) is 5.69 Å². The van der Waals surface area contributed by atoms with E-state index >= 15 is 0 Å². The Bertz CT molecular complexity index is 614. The number of phenolic OH excluding ortho intramolecular Hbond substituents is 1. The fraction of sp³-hybridized carbons (Fsp3) is 0.250. The van der Waals surface area contributed by atoms with Crippen LogP contribution in [0.1, 0.15) is 5.56 Å². The van der Waals surface area contributed by atoms with Gasteiger partial charge in [0.2, 0.25) is 0 Å². The number of phenols is 1. The third-order valence-electron chi connectivity index (χ3n) is 3.21. The van der Waals surface area contributed by atoms with Gasteiger partial charge in [-0.3, -0.25) is 10.1 Å². The molecule has 0 aliphatic carbocycles. The monoisotopic (exact) mass is 301 g/mol. The Morgan fingerprint density at radius 1 is 1.05 bits per heavy atom. The highest BCUT2D eigenvalue weighted by Crippen LogP contribution is 2.16. The van der Waals surface area contributed by atoms with Gasteiger partial charge in [0.15, 0.2) is 0 Å². The van der Waals surface area contributed by atoms with Crippen LogP contribution in [0.3, 0.4) is 0 Å². The predicted molar refractivity (Wildman–Crippen MR) is 86.3 cm³/mol. The van der Waals surface area contributed by atoms with Gasteiger partial charge in [-0.15, -0.1) is 0 Å². The molecule has 0 bridgehead atoms. The second kappa shape index (κ2) is 7.99. The molecule has 0 unspecified atom stereocenters. The van der Waals surface area contributed by atoms with Gasteiger partial charge < -0.3 is 15.7 Å². The second-order valence-electron chi connectivity index (χ2n) is 4.90. The highest BCUT2D eigenvalue weighted by molar-refractivity contribution is 5.50. The smallest absolute Gasteiger partial charge is 0.271 e. The normalized spacial score (nSPS) is 10.4. The molecule has 6 heteroatoms. The molecule has 0 spiro atoms. The van der Waals surface area contributed by atoms with E-state index in [9.17, 15) is 15.2 Å². The van der Waals surface area contributed by atoms with E-state index in [1.54, 1.807) is 18.2 Å². The topological polar surface area (TPSA) is 87.4 Å². The number of non-ortho nitro benzene ring substituents is 1. The highest BCUT2D eigenvalue weighted by atomic mass is 16.6. The quantitative estimate of drug-likeness (QED) is 0.396. The zero-order valence-electron chi connectivity index (χ0n) is 12.2. The van der Waals surface area contributed by atoms with E-state index in [4.69, 9.17) is 0 Å². The molecule has 22 heavy (non-hydrogen) atoms. The molecule has 0 fully saturated rings. The lowest BCUT2D eigenvalue weighted by atomic mass is 10.1. The highest BCUT2D eigenvalue weighted by Gasteiger charge is 2.04. The third-order valence-corrected chi connectivity index (χ3v) is 3.21. The van der Waals surface area contributed by atoms with E-state index in [-0.39, 0.29) is 11.4 Å². The lowest BCUT2D eigenvalue weighted by Gasteiger charge is -2.08. The Hall–Kier alpha value is -2.60. The Morgan fingerprint density at radius 3 is 2.55 bits per heavy atom. The van der Waals surface area contributed by atoms with Gasteiger partial charge in [-0.1, -0.05) is 18.2 Å². The van der Waals surface area contributed by atoms with Crippen LogP contribution in [0, 0.1) is 10.1 Å². The Labute approximate surface area is 128 Å². The first kappa shape index (κ1) is 15.8. The SMILES string of the molecule is O=[N+]([O-])c1cccc(NCCNCCc2ccc(O)cc2)c1. The minimum absolute atomic E-state index is 0.0882. The van der Waals surface area contributed by atoms with Crippen LogP contribution < -0.4 is 10.6 Å². The number of aromatic hydroxyl groups is 1. The Morgan fingerprint density at radius 2 is 1.82 bits per heavy atom. The van der Waals surface area contributed by atoms with Crippen LogP contribution in [0.25, 0.3) is 0 Å². The van der Waals surface area contributed by atoms with Crippen molar-refractivity contribution in [3.05, 3.63) is 64.2 Å². The molecule has 0 heterocycles. The largest absolute Gasteiger partial charge is 0.508 e. The summed E-state index contributed by atoms with van der Waals surface area (Å²) in [5.41, 5.74) is 2.00. The molecule has 2 aromatic rings. The molecule has 3 N–H and O–H groups in total. The van der Waals surface area contributed by atoms with Crippen molar-refractivity contribution in [2.24, 2.45) is 0 Å². The van der Waals surface area contributed by atoms with Crippen LogP contribution in [0.2, 0.25) is 0 Å². The Balaban J connectivity index is 1.64. The molecule has 6 nitrogen and oxygen atoms in total. The van der Waals surface area contributed by atoms with E-state index in [0.29, 0.717) is 6.54 Å². The van der Waals surface area contributed by atoms with Crippen molar-refractivity contribution in [3.8, 4) is 5.75 Å². The number of nitrogens with one attached hydrogen (secondary N) is 2. The van der Waals surface area contributed by atoms with Gasteiger partial charge in [-0.2, -0.15) is 0 Å². The standard InChI is InChI=1S/C16H19N3O3/c20-16-6-4-13(5-7-16)8-9-17-10-11-18-14-2-1-3-15(12-14)19(21)22/h1-7,12,17-18,20H,8-11H2. The van der Waals surface area contributed by atoms with E-state index in [0.717, 1.165) is 30.8 Å². The van der Waals surface area contributed by atoms with E-state index < -0.39 is 4.92 Å². The van der Waals surface area contributed by atoms with Crippen molar-refractivity contribution in [2.45, 2.75) is 6.42 Å². The van der Waals surface area contributed by atoms with E-state index in [1.807, 2.05) is 18.2 Å². The van der Waals surface area contributed by atoms with Crippen molar-refractivity contribution in [1.29, 1.82) is 0 Å². The van der Waals surface area contributed by atoms with Gasteiger partial charge in [-0.05, 0) is 36.7 Å². The molecule has 0 atom stereocenters. The first-order valence-corrected chi connectivity index (χ1v) is 7.12. The molecule has 0 saturated heterocycles. The molecule has 0 aromatic heterocycles. The first-order valence-electron chi connectivity index (χ1n) is 7.12. The van der Waals surface area contributed by atoms with Crippen molar-refractivity contribution in [1.82, 2.24) is 5.32 Å². The van der Waals surface area contributed by atoms with Crippen LogP contribution in [0.15, 0.2) is 48.5 Å². The molecular formula is C16H19N3O3. The van der Waals surface area contributed by atoms with Crippen LogP contribution in [0.4, 0.5) is 11.4 Å². The van der Waals surface area contributed by atoms with Gasteiger partial charge in [0, 0.05) is 30.9 Å². The predicted octanol–water partition coefficient (Wildman–Crippen LogP) is 2.54. The van der Waals surface area contributed by atoms with Gasteiger partial charge in [0.05, 0.1) is 4.92 Å². The van der Waals surface area contributed by atoms with E-state index in [1.165, 1.54) is 12.1 Å². The van der Waals surface area contributed by atoms with Crippen LogP contribution in [-0.2, 0) is 6.42 Å².